The van der Waals surface area contributed by atoms with Crippen molar-refractivity contribution in [3.05, 3.63) is 82.8 Å². The standard InChI is InChI=1S/C27H31NO7S/c1-5-7-20(6-2)36(30,31)35-27-22-17-28-11-10-19-15-25(33-4)26(34-13-12-29)16-21(19)23(28)14-18(22)8-9-24(27)32-3/h5-9,15-16,23,29H,1-2,10-14,17H2,3-4H3/b20-7+. The molecule has 1 N–H and O–H groups in total. The summed E-state index contributed by atoms with van der Waals surface area (Å²) in [5.74, 6) is 1.77. The van der Waals surface area contributed by atoms with Gasteiger partial charge in [0.2, 0.25) is 0 Å². The zero-order valence-corrected chi connectivity index (χ0v) is 21.3. The number of aliphatic hydroxyl groups excluding tert-OH is 1. The second kappa shape index (κ2) is 10.8. The number of hydrogen-bond acceptors (Lipinski definition) is 8. The minimum absolute atomic E-state index is 0.0749. The fourth-order valence-corrected chi connectivity index (χ4v) is 5.79. The fraction of sp³-hybridized carbons (Fsp3) is 0.333. The van der Waals surface area contributed by atoms with E-state index in [4.69, 9.17) is 18.4 Å². The monoisotopic (exact) mass is 513 g/mol. The fourth-order valence-electron chi connectivity index (χ4n) is 4.82. The molecule has 1 unspecified atom stereocenters. The Morgan fingerprint density at radius 2 is 1.92 bits per heavy atom. The molecule has 192 valence electrons. The average Bonchev–Trinajstić information content (AvgIpc) is 2.88. The molecule has 2 aliphatic rings. The van der Waals surface area contributed by atoms with Crippen LogP contribution in [0.3, 0.4) is 0 Å². The van der Waals surface area contributed by atoms with Gasteiger partial charge in [-0.2, -0.15) is 8.42 Å². The van der Waals surface area contributed by atoms with Gasteiger partial charge in [0, 0.05) is 24.7 Å². The highest BCUT2D eigenvalue weighted by molar-refractivity contribution is 7.91. The maximum atomic E-state index is 13.0. The average molecular weight is 514 g/mol. The Balaban J connectivity index is 1.74. The van der Waals surface area contributed by atoms with Gasteiger partial charge >= 0.3 is 10.1 Å². The molecular formula is C27H31NO7S. The molecule has 36 heavy (non-hydrogen) atoms. The number of fused-ring (bicyclic) bond motifs is 4. The summed E-state index contributed by atoms with van der Waals surface area (Å²) >= 11 is 0. The van der Waals surface area contributed by atoms with Gasteiger partial charge in [-0.05, 0) is 59.9 Å². The molecule has 0 radical (unpaired) electrons. The first-order valence-corrected chi connectivity index (χ1v) is 13.0. The van der Waals surface area contributed by atoms with Crippen molar-refractivity contribution in [1.82, 2.24) is 4.90 Å². The lowest BCUT2D eigenvalue weighted by molar-refractivity contribution is 0.157. The Kier molecular flexibility index (Phi) is 7.73. The Morgan fingerprint density at radius 3 is 2.58 bits per heavy atom. The van der Waals surface area contributed by atoms with Gasteiger partial charge in [0.1, 0.15) is 11.5 Å². The van der Waals surface area contributed by atoms with Gasteiger partial charge < -0.3 is 23.5 Å². The van der Waals surface area contributed by atoms with E-state index in [9.17, 15) is 13.5 Å². The van der Waals surface area contributed by atoms with Crippen LogP contribution in [0.1, 0.15) is 28.3 Å². The summed E-state index contributed by atoms with van der Waals surface area (Å²) in [5, 5.41) is 9.20. The predicted octanol–water partition coefficient (Wildman–Crippen LogP) is 3.69. The number of allylic oxidation sites excluding steroid dienone is 3. The zero-order valence-electron chi connectivity index (χ0n) is 20.5. The highest BCUT2D eigenvalue weighted by Gasteiger charge is 2.36. The highest BCUT2D eigenvalue weighted by atomic mass is 32.2. The van der Waals surface area contributed by atoms with Crippen LogP contribution in [0.5, 0.6) is 23.0 Å². The Labute approximate surface area is 212 Å². The molecule has 0 bridgehead atoms. The van der Waals surface area contributed by atoms with Crippen molar-refractivity contribution >= 4 is 10.1 Å². The van der Waals surface area contributed by atoms with Gasteiger partial charge in [-0.3, -0.25) is 4.90 Å². The molecule has 8 nitrogen and oxygen atoms in total. The second-order valence-electron chi connectivity index (χ2n) is 8.50. The maximum Gasteiger partial charge on any atom is 0.339 e. The molecule has 2 heterocycles. The SMILES string of the molecule is C=C/C=C(\C=C)S(=O)(=O)Oc1c(OC)ccc2c1CN1CCc3cc(OC)c(OCCO)cc3C1C2. The van der Waals surface area contributed by atoms with E-state index in [0.717, 1.165) is 29.7 Å². The number of ether oxygens (including phenoxy) is 3. The third-order valence-corrected chi connectivity index (χ3v) is 7.79. The van der Waals surface area contributed by atoms with Gasteiger partial charge in [0.25, 0.3) is 0 Å². The lowest BCUT2D eigenvalue weighted by Crippen LogP contribution is -2.39. The molecule has 1 atom stereocenters. The third kappa shape index (κ3) is 4.86. The molecule has 4 rings (SSSR count). The first kappa shape index (κ1) is 25.8. The summed E-state index contributed by atoms with van der Waals surface area (Å²) in [6.45, 7) is 8.51. The summed E-state index contributed by atoms with van der Waals surface area (Å²) in [5.41, 5.74) is 4.08. The van der Waals surface area contributed by atoms with E-state index in [1.807, 2.05) is 18.2 Å². The molecule has 0 spiro atoms. The smallest absolute Gasteiger partial charge is 0.339 e. The maximum absolute atomic E-state index is 13.0. The largest absolute Gasteiger partial charge is 0.493 e. The molecular weight excluding hydrogens is 482 g/mol. The number of hydrogen-bond donors (Lipinski definition) is 1. The van der Waals surface area contributed by atoms with Crippen molar-refractivity contribution < 1.29 is 31.9 Å². The van der Waals surface area contributed by atoms with Crippen LogP contribution >= 0.6 is 0 Å². The van der Waals surface area contributed by atoms with E-state index in [-0.39, 0.29) is 29.9 Å². The lowest BCUT2D eigenvalue weighted by atomic mass is 9.83. The van der Waals surface area contributed by atoms with E-state index >= 15 is 0 Å². The Bertz CT molecular complexity index is 1300. The van der Waals surface area contributed by atoms with E-state index in [0.29, 0.717) is 30.2 Å². The molecule has 0 amide bonds. The van der Waals surface area contributed by atoms with Gasteiger partial charge in [-0.15, -0.1) is 0 Å². The van der Waals surface area contributed by atoms with E-state index in [1.165, 1.54) is 30.9 Å². The van der Waals surface area contributed by atoms with Crippen LogP contribution in [-0.2, 0) is 29.5 Å². The van der Waals surface area contributed by atoms with Crippen molar-refractivity contribution in [3.63, 3.8) is 0 Å². The van der Waals surface area contributed by atoms with Crippen molar-refractivity contribution in [2.24, 2.45) is 0 Å². The van der Waals surface area contributed by atoms with E-state index < -0.39 is 10.1 Å². The minimum atomic E-state index is -4.13. The van der Waals surface area contributed by atoms with Crippen LogP contribution in [0.4, 0.5) is 0 Å². The van der Waals surface area contributed by atoms with E-state index in [2.05, 4.69) is 18.1 Å². The molecule has 0 saturated heterocycles. The van der Waals surface area contributed by atoms with Gasteiger partial charge in [0.05, 0.1) is 20.8 Å². The predicted molar refractivity (Wildman–Crippen MR) is 137 cm³/mol. The van der Waals surface area contributed by atoms with Crippen LogP contribution in [-0.4, -0.2) is 52.4 Å². The topological polar surface area (TPSA) is 94.5 Å². The lowest BCUT2D eigenvalue weighted by Gasteiger charge is -2.42. The van der Waals surface area contributed by atoms with Crippen molar-refractivity contribution in [1.29, 1.82) is 0 Å². The minimum Gasteiger partial charge on any atom is -0.493 e. The molecule has 0 saturated carbocycles. The first-order chi connectivity index (χ1) is 17.4. The van der Waals surface area contributed by atoms with Crippen molar-refractivity contribution in [2.75, 3.05) is 34.0 Å². The third-order valence-electron chi connectivity index (χ3n) is 6.52. The molecule has 2 aromatic rings. The van der Waals surface area contributed by atoms with E-state index in [1.54, 1.807) is 13.2 Å². The van der Waals surface area contributed by atoms with Crippen molar-refractivity contribution in [3.8, 4) is 23.0 Å². The van der Waals surface area contributed by atoms with Crippen LogP contribution in [0.15, 0.2) is 60.6 Å². The number of nitrogens with zero attached hydrogens (tertiary/aromatic N) is 1. The summed E-state index contributed by atoms with van der Waals surface area (Å²) in [4.78, 5) is 2.22. The number of methoxy groups -OCH3 is 2. The summed E-state index contributed by atoms with van der Waals surface area (Å²) in [7, 11) is -1.04. The summed E-state index contributed by atoms with van der Waals surface area (Å²) < 4.78 is 48.3. The zero-order chi connectivity index (χ0) is 25.9. The summed E-state index contributed by atoms with van der Waals surface area (Å²) in [6.07, 6.45) is 5.40. The Morgan fingerprint density at radius 1 is 1.14 bits per heavy atom. The number of aliphatic hydroxyl groups is 1. The normalized spacial score (nSPS) is 17.3. The van der Waals surface area contributed by atoms with Crippen LogP contribution in [0.2, 0.25) is 0 Å². The number of benzene rings is 2. The molecule has 9 heteroatoms. The molecule has 2 aromatic carbocycles. The quantitative estimate of drug-likeness (QED) is 0.380. The van der Waals surface area contributed by atoms with Gasteiger partial charge in [-0.25, -0.2) is 0 Å². The van der Waals surface area contributed by atoms with Gasteiger partial charge in [-0.1, -0.05) is 25.3 Å². The van der Waals surface area contributed by atoms with Crippen LogP contribution in [0.25, 0.3) is 0 Å². The van der Waals surface area contributed by atoms with Crippen LogP contribution < -0.4 is 18.4 Å². The molecule has 0 aromatic heterocycles. The molecule has 0 fully saturated rings. The highest BCUT2D eigenvalue weighted by Crippen LogP contribution is 2.46. The summed E-state index contributed by atoms with van der Waals surface area (Å²) in [6, 6.07) is 7.77. The molecule has 0 aliphatic carbocycles. The van der Waals surface area contributed by atoms with Crippen LogP contribution in [0, 0.1) is 0 Å². The number of rotatable bonds is 10. The second-order valence-corrected chi connectivity index (χ2v) is 10.0. The van der Waals surface area contributed by atoms with Gasteiger partial charge in [0.15, 0.2) is 23.0 Å². The van der Waals surface area contributed by atoms with Crippen molar-refractivity contribution in [2.45, 2.75) is 25.4 Å². The molecule has 2 aliphatic heterocycles. The Hall–Kier alpha value is -3.27. The first-order valence-electron chi connectivity index (χ1n) is 11.6.